The standard InChI is InChI=1S/C18H14ClFN2O.C18H14F2N2O3S.C17H11ClF2N2O.C16H12F3N5O/c1-12-6-7-16(20)14(8-12)18(23)9-13-10-21-22(11-13)17-5-3-2-4-15(17)19;1-26(24,25)18-5-3-2-4-16(18)22-11-12(10-21-22)8-17(23)14-9-13(19)6-7-15(14)20;18-14-3-1-2-4-16(14)22-10-11(9-21-22)7-17(23)13-8-12(19)5-6-15(13)20;17-16(18,19)10-4-5-13(20)12(7-10)15(25)23-11-8-22-24(9-11)14-3-1-2-6-21-14/h2-8,10-11H,9H2,1H3;2-7,9-11H,8H2,1H3;1-6,8-10H,7H2;1-9H,20H2,(H,23,25). The van der Waals surface area contributed by atoms with E-state index >= 15 is 0 Å². The predicted molar refractivity (Wildman–Crippen MR) is 347 cm³/mol. The second-order valence-corrected chi connectivity index (χ2v) is 24.0. The fraction of sp³-hybridized carbons (Fsp3) is 0.0870. The van der Waals surface area contributed by atoms with E-state index in [1.807, 2.05) is 31.2 Å². The lowest BCUT2D eigenvalue weighted by molar-refractivity contribution is -0.137. The Morgan fingerprint density at radius 3 is 1.42 bits per heavy atom. The van der Waals surface area contributed by atoms with Crippen molar-refractivity contribution in [1.29, 1.82) is 0 Å². The largest absolute Gasteiger partial charge is 0.416 e. The molecule has 0 fully saturated rings. The lowest BCUT2D eigenvalue weighted by Gasteiger charge is -2.10. The maximum atomic E-state index is 13.8. The molecule has 5 aromatic heterocycles. The molecule has 0 atom stereocenters. The van der Waals surface area contributed by atoms with Crippen LogP contribution in [0, 0.1) is 36.0 Å². The molecule has 17 nitrogen and oxygen atoms in total. The molecular formula is C69H51Cl2F8N11O6S. The third-order valence-corrected chi connectivity index (χ3v) is 15.7. The highest BCUT2D eigenvalue weighted by atomic mass is 35.5. The summed E-state index contributed by atoms with van der Waals surface area (Å²) in [5.74, 6) is -5.01. The number of para-hydroxylation sites is 3. The number of benzene rings is 7. The number of Topliss-reactive ketones (excluding diaryl/α,β-unsaturated/α-hetero) is 3. The van der Waals surface area contributed by atoms with Gasteiger partial charge in [0.15, 0.2) is 33.0 Å². The Kier molecular flexibility index (Phi) is 22.3. The van der Waals surface area contributed by atoms with Crippen molar-refractivity contribution < 1.29 is 62.7 Å². The van der Waals surface area contributed by atoms with Gasteiger partial charge in [-0.2, -0.15) is 33.6 Å². The number of nitrogens with one attached hydrogen (secondary N) is 1. The summed E-state index contributed by atoms with van der Waals surface area (Å²) in [5, 5.41) is 20.0. The van der Waals surface area contributed by atoms with E-state index < -0.39 is 68.1 Å². The van der Waals surface area contributed by atoms with E-state index in [2.05, 4.69) is 30.7 Å². The number of rotatable bonds is 16. The van der Waals surface area contributed by atoms with Gasteiger partial charge in [-0.1, -0.05) is 77.3 Å². The summed E-state index contributed by atoms with van der Waals surface area (Å²) in [5.41, 5.74) is 8.48. The topological polar surface area (TPSA) is 225 Å². The number of sulfone groups is 1. The zero-order valence-corrected chi connectivity index (χ0v) is 53.0. The fourth-order valence-electron chi connectivity index (χ4n) is 9.23. The summed E-state index contributed by atoms with van der Waals surface area (Å²) in [6.45, 7) is 1.83. The number of anilines is 2. The number of hydrogen-bond donors (Lipinski definition) is 2. The Bertz CT molecular complexity index is 4840. The lowest BCUT2D eigenvalue weighted by atomic mass is 10.0. The Labute approximate surface area is 557 Å². The lowest BCUT2D eigenvalue weighted by Crippen LogP contribution is -2.16. The zero-order chi connectivity index (χ0) is 69.7. The molecule has 0 radical (unpaired) electrons. The maximum Gasteiger partial charge on any atom is 0.416 e. The van der Waals surface area contributed by atoms with E-state index in [9.17, 15) is 62.7 Å². The number of hydrogen-bond acceptors (Lipinski definition) is 12. The first kappa shape index (κ1) is 70.1. The summed E-state index contributed by atoms with van der Waals surface area (Å²) in [6.07, 6.45) is 10.1. The minimum atomic E-state index is -4.56. The first-order valence-electron chi connectivity index (χ1n) is 28.6. The smallest absolute Gasteiger partial charge is 0.398 e. The molecule has 494 valence electrons. The molecule has 0 aliphatic carbocycles. The second kappa shape index (κ2) is 30.9. The third-order valence-electron chi connectivity index (χ3n) is 13.9. The molecule has 7 aromatic carbocycles. The maximum absolute atomic E-state index is 13.8. The number of aryl methyl sites for hydroxylation is 1. The molecule has 0 aliphatic heterocycles. The molecule has 12 rings (SSSR count). The molecule has 12 aromatic rings. The molecule has 5 heterocycles. The molecule has 1 amide bonds. The molecule has 0 saturated carbocycles. The first-order valence-corrected chi connectivity index (χ1v) is 31.2. The highest BCUT2D eigenvalue weighted by molar-refractivity contribution is 7.90. The summed E-state index contributed by atoms with van der Waals surface area (Å²) in [6, 6.07) is 38.6. The van der Waals surface area contributed by atoms with Crippen LogP contribution in [-0.2, 0) is 35.3 Å². The highest BCUT2D eigenvalue weighted by Crippen LogP contribution is 2.32. The number of ketones is 3. The van der Waals surface area contributed by atoms with Crippen LogP contribution in [0.4, 0.5) is 46.5 Å². The van der Waals surface area contributed by atoms with Crippen LogP contribution in [0.25, 0.3) is 22.9 Å². The van der Waals surface area contributed by atoms with Gasteiger partial charge in [0.1, 0.15) is 29.1 Å². The number of carbonyl (C=O) groups is 4. The zero-order valence-electron chi connectivity index (χ0n) is 50.6. The van der Waals surface area contributed by atoms with Gasteiger partial charge in [-0.3, -0.25) is 19.2 Å². The van der Waals surface area contributed by atoms with E-state index in [1.54, 1.807) is 102 Å². The average Bonchev–Trinajstić information content (AvgIpc) is 1.80. The Morgan fingerprint density at radius 1 is 0.505 bits per heavy atom. The third kappa shape index (κ3) is 18.4. The van der Waals surface area contributed by atoms with Crippen molar-refractivity contribution >= 4 is 67.7 Å². The molecule has 28 heteroatoms. The number of nitrogens with zero attached hydrogens (tertiary/aromatic N) is 9. The normalized spacial score (nSPS) is 11.1. The number of pyridine rings is 1. The van der Waals surface area contributed by atoms with Crippen molar-refractivity contribution in [3.8, 4) is 22.9 Å². The van der Waals surface area contributed by atoms with E-state index in [-0.39, 0.29) is 57.9 Å². The SMILES string of the molecule is CS(=O)(=O)c1ccccc1-n1cc(CC(=O)c2cc(F)ccc2F)cn1.Cc1ccc(F)c(C(=O)Cc2cnn(-c3ccccc3Cl)c2)c1.Nc1ccc(C(F)(F)F)cc1C(=O)Nc1cnn(-c2ccccn2)c1.O=C(Cc1cnn(-c2ccccc2Cl)c1)c1cc(F)ccc1F. The minimum absolute atomic E-state index is 0.0531. The van der Waals surface area contributed by atoms with Crippen LogP contribution in [0.5, 0.6) is 0 Å². The van der Waals surface area contributed by atoms with Crippen LogP contribution in [0.3, 0.4) is 0 Å². The van der Waals surface area contributed by atoms with Crippen molar-refractivity contribution in [1.82, 2.24) is 44.1 Å². The Morgan fingerprint density at radius 2 is 0.948 bits per heavy atom. The summed E-state index contributed by atoms with van der Waals surface area (Å²) in [7, 11) is -3.47. The summed E-state index contributed by atoms with van der Waals surface area (Å²) >= 11 is 12.2. The molecular weight excluding hydrogens is 1330 g/mol. The van der Waals surface area contributed by atoms with Gasteiger partial charge in [0, 0.05) is 56.0 Å². The number of amides is 1. The van der Waals surface area contributed by atoms with Crippen molar-refractivity contribution in [2.45, 2.75) is 37.3 Å². The monoisotopic (exact) mass is 1380 g/mol. The van der Waals surface area contributed by atoms with Gasteiger partial charge in [0.2, 0.25) is 0 Å². The van der Waals surface area contributed by atoms with Crippen molar-refractivity contribution in [2.24, 2.45) is 0 Å². The molecule has 0 aliphatic rings. The average molecular weight is 1390 g/mol. The number of nitrogens with two attached hydrogens (primary N) is 1. The number of alkyl halides is 3. The highest BCUT2D eigenvalue weighted by Gasteiger charge is 2.32. The first-order chi connectivity index (χ1) is 46.2. The van der Waals surface area contributed by atoms with Crippen LogP contribution in [0.15, 0.2) is 224 Å². The van der Waals surface area contributed by atoms with Crippen LogP contribution in [0.1, 0.15) is 69.2 Å². The number of aromatic nitrogens is 9. The summed E-state index contributed by atoms with van der Waals surface area (Å²) < 4.78 is 136. The van der Waals surface area contributed by atoms with Crippen LogP contribution in [0.2, 0.25) is 10.0 Å². The van der Waals surface area contributed by atoms with Crippen molar-refractivity contribution in [3.05, 3.63) is 309 Å². The van der Waals surface area contributed by atoms with Gasteiger partial charge in [-0.25, -0.2) is 54.1 Å². The van der Waals surface area contributed by atoms with E-state index in [4.69, 9.17) is 28.9 Å². The predicted octanol–water partition coefficient (Wildman–Crippen LogP) is 14.7. The number of nitrogen functional groups attached to an aromatic ring is 1. The van der Waals surface area contributed by atoms with Gasteiger partial charge < -0.3 is 11.1 Å². The van der Waals surface area contributed by atoms with Gasteiger partial charge in [-0.15, -0.1) is 0 Å². The Balaban J connectivity index is 0.000000152. The van der Waals surface area contributed by atoms with Crippen LogP contribution in [-0.4, -0.2) is 82.0 Å². The van der Waals surface area contributed by atoms with Gasteiger partial charge >= 0.3 is 6.18 Å². The van der Waals surface area contributed by atoms with Crippen LogP contribution < -0.4 is 11.1 Å². The fourth-order valence-corrected chi connectivity index (χ4v) is 10.5. The molecule has 0 spiro atoms. The molecule has 0 saturated heterocycles. The van der Waals surface area contributed by atoms with Gasteiger partial charge in [0.25, 0.3) is 5.91 Å². The summed E-state index contributed by atoms with van der Waals surface area (Å²) in [4.78, 5) is 53.1. The van der Waals surface area contributed by atoms with Crippen molar-refractivity contribution in [2.75, 3.05) is 17.3 Å². The molecule has 97 heavy (non-hydrogen) atoms. The quantitative estimate of drug-likeness (QED) is 0.0523. The van der Waals surface area contributed by atoms with E-state index in [1.165, 1.54) is 57.2 Å². The Hall–Kier alpha value is -11.2. The molecule has 3 N–H and O–H groups in total. The van der Waals surface area contributed by atoms with Crippen LogP contribution >= 0.6 is 23.2 Å². The number of carbonyl (C=O) groups excluding carboxylic acids is 4. The second-order valence-electron chi connectivity index (χ2n) is 21.2. The molecule has 0 unspecified atom stereocenters. The van der Waals surface area contributed by atoms with Crippen molar-refractivity contribution in [3.63, 3.8) is 0 Å². The van der Waals surface area contributed by atoms with E-state index in [0.717, 1.165) is 66.0 Å². The van der Waals surface area contributed by atoms with Gasteiger partial charge in [0.05, 0.1) is 96.5 Å². The molecule has 0 bridgehead atoms. The number of halogens is 10. The minimum Gasteiger partial charge on any atom is -0.398 e. The van der Waals surface area contributed by atoms with Gasteiger partial charge in [-0.05, 0) is 139 Å². The van der Waals surface area contributed by atoms with E-state index in [0.29, 0.717) is 55.7 Å².